The zero-order valence-corrected chi connectivity index (χ0v) is 25.7. The second kappa shape index (κ2) is 10.8. The highest BCUT2D eigenvalue weighted by Crippen LogP contribution is 2.44. The van der Waals surface area contributed by atoms with Crippen molar-refractivity contribution in [3.63, 3.8) is 0 Å². The molecular weight excluding hydrogens is 587 g/mol. The van der Waals surface area contributed by atoms with E-state index >= 15 is 0 Å². The van der Waals surface area contributed by atoms with Crippen LogP contribution in [-0.4, -0.2) is 36.2 Å². The smallest absolute Gasteiger partial charge is 0.337 e. The number of halogens is 2. The molecule has 4 aromatic heterocycles. The third kappa shape index (κ3) is 5.51. The van der Waals surface area contributed by atoms with Gasteiger partial charge in [-0.1, -0.05) is 23.7 Å². The molecule has 0 amide bonds. The molecule has 2 aromatic carbocycles. The van der Waals surface area contributed by atoms with E-state index in [0.717, 1.165) is 43.0 Å². The van der Waals surface area contributed by atoms with Crippen molar-refractivity contribution >= 4 is 50.2 Å². The maximum Gasteiger partial charge on any atom is 0.337 e. The zero-order valence-electron chi connectivity index (χ0n) is 24.1. The molecule has 1 atom stereocenters. The number of pyridine rings is 2. The quantitative estimate of drug-likeness (QED) is 0.202. The Labute approximate surface area is 256 Å². The number of carboxylic acids is 1. The van der Waals surface area contributed by atoms with Gasteiger partial charge in [0.25, 0.3) is 0 Å². The molecule has 0 bridgehead atoms. The average molecular weight is 615 g/mol. The molecule has 0 saturated carbocycles. The van der Waals surface area contributed by atoms with Gasteiger partial charge < -0.3 is 14.4 Å². The van der Waals surface area contributed by atoms with Crippen molar-refractivity contribution in [2.75, 3.05) is 0 Å². The summed E-state index contributed by atoms with van der Waals surface area (Å²) < 4.78 is 22.9. The molecule has 0 radical (unpaired) electrons. The number of aryl methyl sites for hydroxylation is 2. The molecule has 0 spiro atoms. The Morgan fingerprint density at radius 2 is 1.84 bits per heavy atom. The first-order chi connectivity index (χ1) is 20.4. The predicted molar refractivity (Wildman–Crippen MR) is 169 cm³/mol. The van der Waals surface area contributed by atoms with Gasteiger partial charge >= 0.3 is 5.97 Å². The lowest BCUT2D eigenvalue weighted by Gasteiger charge is -2.28. The summed E-state index contributed by atoms with van der Waals surface area (Å²) in [6.45, 7) is 7.40. The Morgan fingerprint density at radius 1 is 1.09 bits per heavy atom. The van der Waals surface area contributed by atoms with E-state index in [1.807, 2.05) is 75.8 Å². The molecule has 0 unspecified atom stereocenters. The van der Waals surface area contributed by atoms with Crippen LogP contribution in [0.4, 0.5) is 4.39 Å². The predicted octanol–water partition coefficient (Wildman–Crippen LogP) is 8.62. The van der Waals surface area contributed by atoms with Gasteiger partial charge in [0.2, 0.25) is 0 Å². The molecule has 0 fully saturated rings. The number of nitrogens with zero attached hydrogens (tertiary/aromatic N) is 4. The third-order valence-corrected chi connectivity index (χ3v) is 8.47. The van der Waals surface area contributed by atoms with Gasteiger partial charge in [0.1, 0.15) is 16.5 Å². The van der Waals surface area contributed by atoms with Crippen molar-refractivity contribution in [3.8, 4) is 33.0 Å². The van der Waals surface area contributed by atoms with Gasteiger partial charge in [0.05, 0.1) is 27.7 Å². The third-order valence-electron chi connectivity index (χ3n) is 7.08. The highest BCUT2D eigenvalue weighted by atomic mass is 35.5. The fourth-order valence-corrected chi connectivity index (χ4v) is 6.56. The Bertz CT molecular complexity index is 2030. The van der Waals surface area contributed by atoms with Crippen LogP contribution in [0.5, 0.6) is 0 Å². The van der Waals surface area contributed by atoms with Gasteiger partial charge in [-0.15, -0.1) is 11.3 Å². The lowest BCUT2D eigenvalue weighted by molar-refractivity contribution is -0.160. The molecule has 10 heteroatoms. The van der Waals surface area contributed by atoms with E-state index < -0.39 is 23.5 Å². The van der Waals surface area contributed by atoms with E-state index in [1.165, 1.54) is 23.6 Å². The van der Waals surface area contributed by atoms with E-state index in [0.29, 0.717) is 27.3 Å². The van der Waals surface area contributed by atoms with Crippen molar-refractivity contribution < 1.29 is 19.0 Å². The SMILES string of the molecule is Cc1cc2nc(-c3ccnc(-c4cn(C)c5ncc(F)cc45)c3)sc2c(-c2ccc(Cl)cc2)c1[C@H](OC(C)(C)C)C(=O)O. The molecule has 7 nitrogen and oxygen atoms in total. The first-order valence-electron chi connectivity index (χ1n) is 13.6. The Kier molecular flexibility index (Phi) is 7.28. The number of aliphatic carboxylic acids is 1. The number of fused-ring (bicyclic) bond motifs is 2. The summed E-state index contributed by atoms with van der Waals surface area (Å²) >= 11 is 7.69. The van der Waals surface area contributed by atoms with E-state index in [4.69, 9.17) is 21.3 Å². The second-order valence-corrected chi connectivity index (χ2v) is 12.8. The summed E-state index contributed by atoms with van der Waals surface area (Å²) in [5.74, 6) is -1.49. The number of ether oxygens (including phenoxy) is 1. The minimum Gasteiger partial charge on any atom is -0.479 e. The Morgan fingerprint density at radius 3 is 2.53 bits per heavy atom. The number of carbonyl (C=O) groups is 1. The van der Waals surface area contributed by atoms with E-state index in [-0.39, 0.29) is 0 Å². The first-order valence-corrected chi connectivity index (χ1v) is 14.8. The molecule has 43 heavy (non-hydrogen) atoms. The zero-order chi connectivity index (χ0) is 30.6. The largest absolute Gasteiger partial charge is 0.479 e. The van der Waals surface area contributed by atoms with Crippen molar-refractivity contribution in [2.24, 2.45) is 7.05 Å². The molecule has 0 aliphatic carbocycles. The van der Waals surface area contributed by atoms with Crippen LogP contribution in [0.2, 0.25) is 5.02 Å². The number of thiazole rings is 1. The molecular formula is C33H28ClFN4O3S. The molecule has 4 heterocycles. The number of carboxylic acid groups (broad SMARTS) is 1. The molecule has 0 aliphatic heterocycles. The fourth-order valence-electron chi connectivity index (χ4n) is 5.31. The summed E-state index contributed by atoms with van der Waals surface area (Å²) in [7, 11) is 1.86. The van der Waals surface area contributed by atoms with Crippen molar-refractivity contribution in [1.29, 1.82) is 0 Å². The summed E-state index contributed by atoms with van der Waals surface area (Å²) in [5, 5.41) is 12.3. The van der Waals surface area contributed by atoms with E-state index in [1.54, 1.807) is 18.3 Å². The lowest BCUT2D eigenvalue weighted by atomic mass is 9.91. The van der Waals surface area contributed by atoms with Crippen LogP contribution in [0.25, 0.3) is 54.2 Å². The molecule has 6 rings (SSSR count). The van der Waals surface area contributed by atoms with Crippen LogP contribution in [0.3, 0.4) is 0 Å². The van der Waals surface area contributed by atoms with Gasteiger partial charge in [0.15, 0.2) is 6.10 Å². The number of hydrogen-bond donors (Lipinski definition) is 1. The second-order valence-electron chi connectivity index (χ2n) is 11.4. The first kappa shape index (κ1) is 28.9. The minimum absolute atomic E-state index is 0.418. The summed E-state index contributed by atoms with van der Waals surface area (Å²) in [6, 6.07) is 14.5. The molecule has 0 aliphatic rings. The van der Waals surface area contributed by atoms with Gasteiger partial charge in [-0.3, -0.25) is 4.98 Å². The molecule has 218 valence electrons. The molecule has 6 aromatic rings. The van der Waals surface area contributed by atoms with Crippen LogP contribution >= 0.6 is 22.9 Å². The lowest BCUT2D eigenvalue weighted by Crippen LogP contribution is -2.28. The monoisotopic (exact) mass is 614 g/mol. The Hall–Kier alpha value is -4.18. The minimum atomic E-state index is -1.20. The summed E-state index contributed by atoms with van der Waals surface area (Å²) in [4.78, 5) is 26.4. The van der Waals surface area contributed by atoms with Crippen LogP contribution in [0.1, 0.15) is 38.0 Å². The van der Waals surface area contributed by atoms with Crippen LogP contribution in [0.15, 0.2) is 67.1 Å². The highest BCUT2D eigenvalue weighted by molar-refractivity contribution is 7.22. The topological polar surface area (TPSA) is 90.1 Å². The van der Waals surface area contributed by atoms with Crippen molar-refractivity contribution in [3.05, 3.63) is 89.1 Å². The van der Waals surface area contributed by atoms with Crippen LogP contribution in [-0.2, 0) is 16.6 Å². The molecule has 1 N–H and O–H groups in total. The number of aromatic nitrogens is 4. The van der Waals surface area contributed by atoms with Gasteiger partial charge in [-0.05, 0) is 75.2 Å². The number of rotatable bonds is 6. The fraction of sp³-hybridized carbons (Fsp3) is 0.212. The van der Waals surface area contributed by atoms with Crippen LogP contribution in [0, 0.1) is 12.7 Å². The normalized spacial score (nSPS) is 12.7. The van der Waals surface area contributed by atoms with E-state index in [9.17, 15) is 14.3 Å². The number of benzene rings is 2. The average Bonchev–Trinajstić information content (AvgIpc) is 3.52. The van der Waals surface area contributed by atoms with Gasteiger partial charge in [-0.25, -0.2) is 19.2 Å². The number of hydrogen-bond acceptors (Lipinski definition) is 6. The maximum atomic E-state index is 14.1. The van der Waals surface area contributed by atoms with Crippen LogP contribution < -0.4 is 0 Å². The summed E-state index contributed by atoms with van der Waals surface area (Å²) in [6.07, 6.45) is 3.59. The maximum absolute atomic E-state index is 14.1. The molecule has 0 saturated heterocycles. The van der Waals surface area contributed by atoms with Crippen molar-refractivity contribution in [1.82, 2.24) is 19.5 Å². The van der Waals surface area contributed by atoms with Crippen molar-refractivity contribution in [2.45, 2.75) is 39.4 Å². The standard InChI is InChI=1S/C33H28ClFN4O3S/c1-17-12-25-29(27(18-6-8-20(34)9-7-18)26(17)28(32(40)41)42-33(2,3)4)43-31(38-25)19-10-11-36-24(13-19)23-16-39(5)30-22(23)14-21(35)15-37-30/h6-16,28H,1-5H3,(H,40,41)/t28-/m0/s1. The van der Waals surface area contributed by atoms with Gasteiger partial charge in [0, 0.05) is 52.1 Å². The highest BCUT2D eigenvalue weighted by Gasteiger charge is 2.32. The Balaban J connectivity index is 1.56. The summed E-state index contributed by atoms with van der Waals surface area (Å²) in [5.41, 5.74) is 5.84. The van der Waals surface area contributed by atoms with Gasteiger partial charge in [-0.2, -0.15) is 0 Å². The van der Waals surface area contributed by atoms with E-state index in [2.05, 4.69) is 9.97 Å².